The highest BCUT2D eigenvalue weighted by Gasteiger charge is 2.04. The van der Waals surface area contributed by atoms with Crippen LogP contribution in [0.5, 0.6) is 0 Å². The molecule has 0 aliphatic carbocycles. The van der Waals surface area contributed by atoms with Gasteiger partial charge < -0.3 is 0 Å². The molecule has 0 fully saturated rings. The quantitative estimate of drug-likeness (QED) is 0.497. The maximum absolute atomic E-state index is 3.56. The fourth-order valence-corrected chi connectivity index (χ4v) is 3.82. The van der Waals surface area contributed by atoms with Gasteiger partial charge in [-0.05, 0) is 46.7 Å². The highest BCUT2D eigenvalue weighted by molar-refractivity contribution is 14.1. The van der Waals surface area contributed by atoms with Crippen LogP contribution in [0.3, 0.4) is 0 Å². The number of hydrogen-bond donors (Lipinski definition) is 0. The zero-order valence-corrected chi connectivity index (χ0v) is 11.3. The first-order valence-electron chi connectivity index (χ1n) is 3.16. The SMILES string of the molecule is Cc1ccc(I)c(CBr)c1Br. The molecule has 0 N–H and O–H groups in total. The number of aryl methyl sites for hydroxylation is 1. The van der Waals surface area contributed by atoms with Crippen molar-refractivity contribution < 1.29 is 0 Å². The third kappa shape index (κ3) is 2.18. The lowest BCUT2D eigenvalue weighted by atomic mass is 10.2. The van der Waals surface area contributed by atoms with Crippen LogP contribution in [0.1, 0.15) is 11.1 Å². The molecular weight excluding hydrogens is 383 g/mol. The molecule has 0 aliphatic heterocycles. The van der Waals surface area contributed by atoms with E-state index in [1.807, 2.05) is 0 Å². The van der Waals surface area contributed by atoms with Crippen LogP contribution in [0, 0.1) is 10.5 Å². The van der Waals surface area contributed by atoms with E-state index in [2.05, 4.69) is 73.5 Å². The average Bonchev–Trinajstić information content (AvgIpc) is 1.99. The second-order valence-electron chi connectivity index (χ2n) is 2.29. The number of rotatable bonds is 1. The number of alkyl halides is 1. The van der Waals surface area contributed by atoms with Crippen molar-refractivity contribution in [2.24, 2.45) is 0 Å². The Balaban J connectivity index is 3.29. The summed E-state index contributed by atoms with van der Waals surface area (Å²) in [6, 6.07) is 4.26. The smallest absolute Gasteiger partial charge is 0.0304 e. The fourth-order valence-electron chi connectivity index (χ4n) is 0.837. The lowest BCUT2D eigenvalue weighted by Gasteiger charge is -2.05. The van der Waals surface area contributed by atoms with E-state index >= 15 is 0 Å². The minimum absolute atomic E-state index is 0.910. The molecule has 0 radical (unpaired) electrons. The second kappa shape index (κ2) is 4.23. The lowest BCUT2D eigenvalue weighted by molar-refractivity contribution is 1.30. The van der Waals surface area contributed by atoms with Crippen molar-refractivity contribution in [2.75, 3.05) is 0 Å². The van der Waals surface area contributed by atoms with Gasteiger partial charge in [0.2, 0.25) is 0 Å². The van der Waals surface area contributed by atoms with Gasteiger partial charge >= 0.3 is 0 Å². The van der Waals surface area contributed by atoms with E-state index in [4.69, 9.17) is 0 Å². The zero-order valence-electron chi connectivity index (χ0n) is 6.00. The summed E-state index contributed by atoms with van der Waals surface area (Å²) in [6.07, 6.45) is 0. The molecule has 1 aromatic carbocycles. The van der Waals surface area contributed by atoms with Crippen LogP contribution >= 0.6 is 54.5 Å². The van der Waals surface area contributed by atoms with E-state index in [1.54, 1.807) is 0 Å². The molecule has 0 aliphatic rings. The van der Waals surface area contributed by atoms with Crippen molar-refractivity contribution >= 4 is 54.5 Å². The first-order valence-corrected chi connectivity index (χ1v) is 6.15. The van der Waals surface area contributed by atoms with Crippen molar-refractivity contribution in [3.63, 3.8) is 0 Å². The number of hydrogen-bond acceptors (Lipinski definition) is 0. The fraction of sp³-hybridized carbons (Fsp3) is 0.250. The summed E-state index contributed by atoms with van der Waals surface area (Å²) >= 11 is 9.36. The van der Waals surface area contributed by atoms with Crippen molar-refractivity contribution in [1.82, 2.24) is 0 Å². The molecule has 60 valence electrons. The van der Waals surface area contributed by atoms with Crippen molar-refractivity contribution in [2.45, 2.75) is 12.3 Å². The van der Waals surface area contributed by atoms with Gasteiger partial charge in [0, 0.05) is 13.4 Å². The van der Waals surface area contributed by atoms with Gasteiger partial charge in [0.1, 0.15) is 0 Å². The molecule has 3 heteroatoms. The molecule has 11 heavy (non-hydrogen) atoms. The van der Waals surface area contributed by atoms with Gasteiger partial charge in [-0.25, -0.2) is 0 Å². The van der Waals surface area contributed by atoms with Crippen LogP contribution in [0.2, 0.25) is 0 Å². The van der Waals surface area contributed by atoms with Gasteiger partial charge in [0.05, 0.1) is 0 Å². The topological polar surface area (TPSA) is 0 Å². The van der Waals surface area contributed by atoms with E-state index in [0.717, 1.165) is 5.33 Å². The van der Waals surface area contributed by atoms with E-state index < -0.39 is 0 Å². The van der Waals surface area contributed by atoms with E-state index in [1.165, 1.54) is 19.2 Å². The Morgan fingerprint density at radius 1 is 1.45 bits per heavy atom. The molecule has 0 atom stereocenters. The lowest BCUT2D eigenvalue weighted by Crippen LogP contribution is -1.88. The Hall–Kier alpha value is 0.910. The Labute approximate surface area is 97.2 Å². The van der Waals surface area contributed by atoms with Gasteiger partial charge in [-0.1, -0.05) is 37.9 Å². The van der Waals surface area contributed by atoms with Crippen LogP contribution < -0.4 is 0 Å². The average molecular weight is 390 g/mol. The third-order valence-corrected chi connectivity index (χ3v) is 4.19. The molecular formula is C8H7Br2I. The van der Waals surface area contributed by atoms with E-state index in [0.29, 0.717) is 0 Å². The van der Waals surface area contributed by atoms with Gasteiger partial charge in [0.15, 0.2) is 0 Å². The summed E-state index contributed by atoms with van der Waals surface area (Å²) in [5.74, 6) is 0. The molecule has 0 spiro atoms. The van der Waals surface area contributed by atoms with Crippen LogP contribution in [-0.2, 0) is 5.33 Å². The number of benzene rings is 1. The van der Waals surface area contributed by atoms with Crippen molar-refractivity contribution in [3.8, 4) is 0 Å². The molecule has 1 aromatic rings. The van der Waals surface area contributed by atoms with Gasteiger partial charge in [-0.15, -0.1) is 0 Å². The Morgan fingerprint density at radius 2 is 2.09 bits per heavy atom. The predicted octanol–water partition coefficient (Wildman–Crippen LogP) is 4.26. The zero-order chi connectivity index (χ0) is 8.43. The van der Waals surface area contributed by atoms with E-state index in [9.17, 15) is 0 Å². The Bertz CT molecular complexity index is 271. The molecule has 0 unspecified atom stereocenters. The van der Waals surface area contributed by atoms with Gasteiger partial charge in [0.25, 0.3) is 0 Å². The van der Waals surface area contributed by atoms with Crippen molar-refractivity contribution in [1.29, 1.82) is 0 Å². The standard InChI is InChI=1S/C8H7Br2I/c1-5-2-3-7(11)6(4-9)8(5)10/h2-3H,4H2,1H3. The summed E-state index contributed by atoms with van der Waals surface area (Å²) < 4.78 is 2.53. The van der Waals surface area contributed by atoms with Gasteiger partial charge in [-0.3, -0.25) is 0 Å². The van der Waals surface area contributed by atoms with E-state index in [-0.39, 0.29) is 0 Å². The highest BCUT2D eigenvalue weighted by atomic mass is 127. The molecule has 1 rings (SSSR count). The Morgan fingerprint density at radius 3 is 2.55 bits per heavy atom. The molecule has 0 aromatic heterocycles. The molecule has 0 nitrogen and oxygen atoms in total. The van der Waals surface area contributed by atoms with Crippen LogP contribution in [0.4, 0.5) is 0 Å². The first-order chi connectivity index (χ1) is 5.16. The monoisotopic (exact) mass is 388 g/mol. The largest absolute Gasteiger partial charge is 0.0875 e. The normalized spacial score (nSPS) is 10.2. The number of halogens is 3. The molecule has 0 saturated carbocycles. The molecule has 0 amide bonds. The molecule has 0 bridgehead atoms. The first kappa shape index (κ1) is 9.99. The highest BCUT2D eigenvalue weighted by Crippen LogP contribution is 2.27. The van der Waals surface area contributed by atoms with Crippen LogP contribution in [-0.4, -0.2) is 0 Å². The summed E-state index contributed by atoms with van der Waals surface area (Å²) in [5, 5.41) is 0.910. The third-order valence-electron chi connectivity index (χ3n) is 1.51. The summed E-state index contributed by atoms with van der Waals surface area (Å²) in [5.41, 5.74) is 2.63. The van der Waals surface area contributed by atoms with Crippen molar-refractivity contribution in [3.05, 3.63) is 31.3 Å². The van der Waals surface area contributed by atoms with Crippen LogP contribution in [0.25, 0.3) is 0 Å². The summed E-state index contributed by atoms with van der Waals surface area (Å²) in [4.78, 5) is 0. The minimum atomic E-state index is 0.910. The van der Waals surface area contributed by atoms with Crippen LogP contribution in [0.15, 0.2) is 16.6 Å². The molecule has 0 heterocycles. The maximum Gasteiger partial charge on any atom is 0.0304 e. The molecule has 0 saturated heterocycles. The minimum Gasteiger partial charge on any atom is -0.0875 e. The van der Waals surface area contributed by atoms with Gasteiger partial charge in [-0.2, -0.15) is 0 Å². The Kier molecular flexibility index (Phi) is 3.85. The maximum atomic E-state index is 3.56. The second-order valence-corrected chi connectivity index (χ2v) is 4.81. The summed E-state index contributed by atoms with van der Waals surface area (Å²) in [7, 11) is 0. The summed E-state index contributed by atoms with van der Waals surface area (Å²) in [6.45, 7) is 2.10. The predicted molar refractivity (Wildman–Crippen MR) is 64.2 cm³/mol.